The fourth-order valence-electron chi connectivity index (χ4n) is 4.13. The Labute approximate surface area is 213 Å². The molecule has 1 aromatic heterocycles. The number of thioether (sulfide) groups is 1. The third kappa shape index (κ3) is 6.10. The Morgan fingerprint density at radius 1 is 0.917 bits per heavy atom. The summed E-state index contributed by atoms with van der Waals surface area (Å²) in [5.41, 5.74) is 1.51. The number of pyridine rings is 1. The number of hydrogen-bond acceptors (Lipinski definition) is 7. The van der Waals surface area contributed by atoms with Crippen molar-refractivity contribution in [3.05, 3.63) is 89.2 Å². The Kier molecular flexibility index (Phi) is 8.35. The van der Waals surface area contributed by atoms with Gasteiger partial charge in [0.2, 0.25) is 0 Å². The number of ketones is 1. The molecular weight excluding hydrogens is 476 g/mol. The van der Waals surface area contributed by atoms with Crippen LogP contribution in [0.15, 0.2) is 71.9 Å². The van der Waals surface area contributed by atoms with Gasteiger partial charge in [0, 0.05) is 40.5 Å². The van der Waals surface area contributed by atoms with Gasteiger partial charge in [-0.15, -0.1) is 11.8 Å². The highest BCUT2D eigenvalue weighted by molar-refractivity contribution is 7.98. The van der Waals surface area contributed by atoms with Gasteiger partial charge < -0.3 is 21.1 Å². The lowest BCUT2D eigenvalue weighted by Crippen LogP contribution is -2.54. The molecule has 186 valence electrons. The van der Waals surface area contributed by atoms with E-state index in [1.165, 1.54) is 17.8 Å². The molecule has 0 aliphatic carbocycles. The SMILES string of the molecule is CSc1ccc(O)c(C(=O)c2ccc(C(=O)N[C@@H]3CCCNC[C@H]3NC(=O)c3ccncc3)cc2)c1. The molecule has 0 spiro atoms. The lowest BCUT2D eigenvalue weighted by Gasteiger charge is -2.27. The number of carbonyl (C=O) groups is 3. The highest BCUT2D eigenvalue weighted by atomic mass is 32.2. The molecule has 2 atom stereocenters. The summed E-state index contributed by atoms with van der Waals surface area (Å²) in [6.45, 7) is 1.34. The Hall–Kier alpha value is -3.69. The van der Waals surface area contributed by atoms with Gasteiger partial charge in [-0.2, -0.15) is 0 Å². The van der Waals surface area contributed by atoms with Gasteiger partial charge in [0.15, 0.2) is 5.78 Å². The first-order valence-corrected chi connectivity index (χ1v) is 12.9. The van der Waals surface area contributed by atoms with Crippen molar-refractivity contribution in [1.29, 1.82) is 0 Å². The number of nitrogens with one attached hydrogen (secondary N) is 3. The van der Waals surface area contributed by atoms with Crippen molar-refractivity contribution in [2.45, 2.75) is 29.8 Å². The summed E-state index contributed by atoms with van der Waals surface area (Å²) in [7, 11) is 0. The molecule has 1 aliphatic heterocycles. The number of nitrogens with zero attached hydrogens (tertiary/aromatic N) is 1. The smallest absolute Gasteiger partial charge is 0.251 e. The number of carbonyl (C=O) groups excluding carboxylic acids is 3. The molecule has 1 fully saturated rings. The monoisotopic (exact) mass is 504 g/mol. The largest absolute Gasteiger partial charge is 0.507 e. The summed E-state index contributed by atoms with van der Waals surface area (Å²) < 4.78 is 0. The molecule has 9 heteroatoms. The lowest BCUT2D eigenvalue weighted by atomic mass is 10.00. The van der Waals surface area contributed by atoms with Crippen LogP contribution in [0.5, 0.6) is 5.75 Å². The maximum atomic E-state index is 13.0. The van der Waals surface area contributed by atoms with E-state index >= 15 is 0 Å². The average Bonchev–Trinajstić information content (AvgIpc) is 3.13. The Morgan fingerprint density at radius 3 is 2.25 bits per heavy atom. The molecule has 1 aliphatic rings. The quantitative estimate of drug-likeness (QED) is 0.288. The number of aromatic nitrogens is 1. The van der Waals surface area contributed by atoms with Gasteiger partial charge in [0.1, 0.15) is 5.75 Å². The van der Waals surface area contributed by atoms with Crippen LogP contribution < -0.4 is 16.0 Å². The van der Waals surface area contributed by atoms with Crippen molar-refractivity contribution in [3.63, 3.8) is 0 Å². The highest BCUT2D eigenvalue weighted by Crippen LogP contribution is 2.26. The summed E-state index contributed by atoms with van der Waals surface area (Å²) in [5, 5.41) is 19.5. The summed E-state index contributed by atoms with van der Waals surface area (Å²) in [6, 6.07) is 14.0. The molecule has 2 heterocycles. The van der Waals surface area contributed by atoms with Gasteiger partial charge in [-0.25, -0.2) is 0 Å². The zero-order chi connectivity index (χ0) is 25.5. The van der Waals surface area contributed by atoms with Crippen LogP contribution in [0.2, 0.25) is 0 Å². The number of benzene rings is 2. The number of phenolic OH excluding ortho intramolecular Hbond substituents is 1. The molecule has 3 aromatic rings. The minimum absolute atomic E-state index is 0.0820. The molecule has 0 saturated carbocycles. The van der Waals surface area contributed by atoms with Gasteiger partial charge in [0.25, 0.3) is 11.8 Å². The molecule has 36 heavy (non-hydrogen) atoms. The van der Waals surface area contributed by atoms with E-state index in [1.54, 1.807) is 60.9 Å². The Balaban J connectivity index is 1.45. The van der Waals surface area contributed by atoms with Crippen molar-refractivity contribution < 1.29 is 19.5 Å². The summed E-state index contributed by atoms with van der Waals surface area (Å²) in [4.78, 5) is 43.4. The van der Waals surface area contributed by atoms with Crippen molar-refractivity contribution in [2.75, 3.05) is 19.3 Å². The van der Waals surface area contributed by atoms with E-state index in [0.717, 1.165) is 17.9 Å². The summed E-state index contributed by atoms with van der Waals surface area (Å²) in [6.07, 6.45) is 6.59. The molecular formula is C27H28N4O4S. The molecule has 8 nitrogen and oxygen atoms in total. The highest BCUT2D eigenvalue weighted by Gasteiger charge is 2.27. The minimum Gasteiger partial charge on any atom is -0.507 e. The predicted octanol–water partition coefficient (Wildman–Crippen LogP) is 3.02. The third-order valence-electron chi connectivity index (χ3n) is 6.15. The van der Waals surface area contributed by atoms with Crippen LogP contribution in [0.1, 0.15) is 49.5 Å². The second-order valence-corrected chi connectivity index (χ2v) is 9.41. The van der Waals surface area contributed by atoms with E-state index in [1.807, 2.05) is 6.26 Å². The van der Waals surface area contributed by atoms with Crippen LogP contribution in [0.3, 0.4) is 0 Å². The first kappa shape index (κ1) is 25.4. The number of aromatic hydroxyl groups is 1. The van der Waals surface area contributed by atoms with Gasteiger partial charge >= 0.3 is 0 Å². The van der Waals surface area contributed by atoms with Crippen LogP contribution in [0.25, 0.3) is 0 Å². The Bertz CT molecular complexity index is 1230. The number of phenols is 1. The van der Waals surface area contributed by atoms with Crippen molar-refractivity contribution >= 4 is 29.4 Å². The second-order valence-electron chi connectivity index (χ2n) is 8.53. The van der Waals surface area contributed by atoms with Crippen LogP contribution in [0, 0.1) is 0 Å². The molecule has 0 unspecified atom stereocenters. The molecule has 2 aromatic carbocycles. The zero-order valence-electron chi connectivity index (χ0n) is 19.9. The van der Waals surface area contributed by atoms with E-state index in [2.05, 4.69) is 20.9 Å². The number of rotatable bonds is 7. The van der Waals surface area contributed by atoms with Gasteiger partial charge in [0.05, 0.1) is 17.6 Å². The van der Waals surface area contributed by atoms with Crippen LogP contribution >= 0.6 is 11.8 Å². The second kappa shape index (κ2) is 11.8. The van der Waals surface area contributed by atoms with Crippen molar-refractivity contribution in [1.82, 2.24) is 20.9 Å². The molecule has 4 rings (SSSR count). The van der Waals surface area contributed by atoms with Crippen LogP contribution in [-0.4, -0.2) is 59.1 Å². The zero-order valence-corrected chi connectivity index (χ0v) is 20.7. The van der Waals surface area contributed by atoms with Crippen molar-refractivity contribution in [3.8, 4) is 5.75 Å². The lowest BCUT2D eigenvalue weighted by molar-refractivity contribution is 0.0882. The normalized spacial score (nSPS) is 17.6. The molecule has 4 N–H and O–H groups in total. The third-order valence-corrected chi connectivity index (χ3v) is 6.88. The first-order valence-electron chi connectivity index (χ1n) is 11.7. The topological polar surface area (TPSA) is 120 Å². The number of hydrogen-bond donors (Lipinski definition) is 4. The van der Waals surface area contributed by atoms with E-state index in [-0.39, 0.29) is 41.0 Å². The fourth-order valence-corrected chi connectivity index (χ4v) is 4.57. The number of amides is 2. The van der Waals surface area contributed by atoms with Crippen LogP contribution in [-0.2, 0) is 0 Å². The average molecular weight is 505 g/mol. The first-order chi connectivity index (χ1) is 17.5. The molecule has 0 radical (unpaired) electrons. The van der Waals surface area contributed by atoms with E-state index < -0.39 is 0 Å². The van der Waals surface area contributed by atoms with E-state index in [9.17, 15) is 19.5 Å². The van der Waals surface area contributed by atoms with Gasteiger partial charge in [-0.1, -0.05) is 12.1 Å². The maximum absolute atomic E-state index is 13.0. The fraction of sp³-hybridized carbons (Fsp3) is 0.259. The van der Waals surface area contributed by atoms with Crippen LogP contribution in [0.4, 0.5) is 0 Å². The van der Waals surface area contributed by atoms with Gasteiger partial charge in [-0.3, -0.25) is 19.4 Å². The predicted molar refractivity (Wildman–Crippen MR) is 139 cm³/mol. The van der Waals surface area contributed by atoms with Crippen molar-refractivity contribution in [2.24, 2.45) is 0 Å². The molecule has 2 amide bonds. The standard InChI is InChI=1S/C27H28N4O4S/c1-36-20-8-9-24(32)21(15-20)25(33)17-4-6-18(7-5-17)26(34)30-22-3-2-12-29-16-23(22)31-27(35)19-10-13-28-14-11-19/h4-11,13-15,22-23,29,32H,2-3,12,16H2,1H3,(H,30,34)(H,31,35)/t22-,23-/m1/s1. The van der Waals surface area contributed by atoms with E-state index in [0.29, 0.717) is 29.7 Å². The molecule has 0 bridgehead atoms. The Morgan fingerprint density at radius 2 is 1.56 bits per heavy atom. The molecule has 1 saturated heterocycles. The summed E-state index contributed by atoms with van der Waals surface area (Å²) in [5.74, 6) is -0.899. The van der Waals surface area contributed by atoms with E-state index in [4.69, 9.17) is 0 Å². The summed E-state index contributed by atoms with van der Waals surface area (Å²) >= 11 is 1.48. The minimum atomic E-state index is -0.316. The van der Waals surface area contributed by atoms with Gasteiger partial charge in [-0.05, 0) is 68.1 Å². The maximum Gasteiger partial charge on any atom is 0.251 e.